The maximum absolute atomic E-state index is 6.43. The molecule has 0 saturated carbocycles. The molecular formula is C14H19Cl2N. The molecule has 1 aromatic carbocycles. The summed E-state index contributed by atoms with van der Waals surface area (Å²) in [4.78, 5) is 2.43. The molecule has 3 heteroatoms. The van der Waals surface area contributed by atoms with Gasteiger partial charge >= 0.3 is 0 Å². The summed E-state index contributed by atoms with van der Waals surface area (Å²) < 4.78 is 0. The molecule has 0 radical (unpaired) electrons. The van der Waals surface area contributed by atoms with E-state index in [4.69, 9.17) is 23.2 Å². The van der Waals surface area contributed by atoms with E-state index < -0.39 is 0 Å². The fourth-order valence-corrected chi connectivity index (χ4v) is 2.89. The molecule has 1 aliphatic rings. The second kappa shape index (κ2) is 6.63. The van der Waals surface area contributed by atoms with E-state index in [0.29, 0.717) is 0 Å². The predicted octanol–water partition coefficient (Wildman–Crippen LogP) is 4.06. The predicted molar refractivity (Wildman–Crippen MR) is 75.0 cm³/mol. The minimum atomic E-state index is -0.0974. The summed E-state index contributed by atoms with van der Waals surface area (Å²) in [5.41, 5.74) is 1.12. The summed E-state index contributed by atoms with van der Waals surface area (Å²) in [6.07, 6.45) is 3.94. The average molecular weight is 272 g/mol. The number of rotatable bonds is 4. The highest BCUT2D eigenvalue weighted by atomic mass is 35.5. The summed E-state index contributed by atoms with van der Waals surface area (Å²) in [6.45, 7) is 3.23. The van der Waals surface area contributed by atoms with Gasteiger partial charge in [-0.3, -0.25) is 0 Å². The molecule has 0 bridgehead atoms. The standard InChI is InChI=1S/C14H19Cl2N/c15-13(11-17-9-5-2-6-10-17)14(16)12-7-3-1-4-8-12/h1,3-4,7-8,13-14H,2,5-6,9-11H2. The Morgan fingerprint density at radius 3 is 2.29 bits per heavy atom. The van der Waals surface area contributed by atoms with Crippen molar-refractivity contribution in [2.75, 3.05) is 19.6 Å². The third kappa shape index (κ3) is 3.87. The Balaban J connectivity index is 1.88. The Morgan fingerprint density at radius 1 is 1.00 bits per heavy atom. The Morgan fingerprint density at radius 2 is 1.65 bits per heavy atom. The van der Waals surface area contributed by atoms with Gasteiger partial charge in [-0.05, 0) is 31.5 Å². The van der Waals surface area contributed by atoms with Gasteiger partial charge in [0.05, 0.1) is 10.8 Å². The third-order valence-electron chi connectivity index (χ3n) is 3.32. The lowest BCUT2D eigenvalue weighted by Crippen LogP contribution is -2.35. The second-order valence-electron chi connectivity index (χ2n) is 4.69. The van der Waals surface area contributed by atoms with Gasteiger partial charge in [0.1, 0.15) is 0 Å². The van der Waals surface area contributed by atoms with Gasteiger partial charge < -0.3 is 4.90 Å². The monoisotopic (exact) mass is 271 g/mol. The number of hydrogen-bond acceptors (Lipinski definition) is 1. The first-order valence-electron chi connectivity index (χ1n) is 6.33. The molecule has 0 aliphatic carbocycles. The second-order valence-corrected chi connectivity index (χ2v) is 5.72. The molecule has 0 amide bonds. The Labute approximate surface area is 114 Å². The Kier molecular flexibility index (Phi) is 5.15. The molecule has 2 unspecified atom stereocenters. The fourth-order valence-electron chi connectivity index (χ4n) is 2.33. The largest absolute Gasteiger partial charge is 0.302 e. The minimum absolute atomic E-state index is 0.0165. The minimum Gasteiger partial charge on any atom is -0.302 e. The molecule has 0 aromatic heterocycles. The fraction of sp³-hybridized carbons (Fsp3) is 0.571. The van der Waals surface area contributed by atoms with Gasteiger partial charge in [-0.25, -0.2) is 0 Å². The first kappa shape index (κ1) is 13.2. The van der Waals surface area contributed by atoms with Crippen LogP contribution in [0.25, 0.3) is 0 Å². The summed E-state index contributed by atoms with van der Waals surface area (Å²) >= 11 is 12.8. The van der Waals surface area contributed by atoms with Crippen molar-refractivity contribution in [3.05, 3.63) is 35.9 Å². The van der Waals surface area contributed by atoms with E-state index in [1.807, 2.05) is 30.3 Å². The highest BCUT2D eigenvalue weighted by Gasteiger charge is 2.22. The first-order chi connectivity index (χ1) is 8.27. The van der Waals surface area contributed by atoms with Crippen molar-refractivity contribution < 1.29 is 0 Å². The number of benzene rings is 1. The molecular weight excluding hydrogens is 253 g/mol. The molecule has 0 N–H and O–H groups in total. The van der Waals surface area contributed by atoms with E-state index in [1.54, 1.807) is 0 Å². The van der Waals surface area contributed by atoms with E-state index in [2.05, 4.69) is 4.90 Å². The zero-order valence-electron chi connectivity index (χ0n) is 9.99. The SMILES string of the molecule is ClC(CN1CCCCC1)C(Cl)c1ccccc1. The smallest absolute Gasteiger partial charge is 0.0761 e. The van der Waals surface area contributed by atoms with E-state index in [0.717, 1.165) is 12.1 Å². The molecule has 1 nitrogen and oxygen atoms in total. The van der Waals surface area contributed by atoms with Crippen LogP contribution in [0.4, 0.5) is 0 Å². The molecule has 1 aliphatic heterocycles. The number of piperidine rings is 1. The van der Waals surface area contributed by atoms with Gasteiger partial charge in [-0.2, -0.15) is 0 Å². The number of nitrogens with zero attached hydrogens (tertiary/aromatic N) is 1. The zero-order valence-corrected chi connectivity index (χ0v) is 11.5. The van der Waals surface area contributed by atoms with Gasteiger partial charge in [-0.15, -0.1) is 23.2 Å². The lowest BCUT2D eigenvalue weighted by atomic mass is 10.1. The summed E-state index contributed by atoms with van der Waals surface area (Å²) in [5, 5.41) is -0.114. The molecule has 1 fully saturated rings. The zero-order chi connectivity index (χ0) is 12.1. The molecule has 2 rings (SSSR count). The maximum Gasteiger partial charge on any atom is 0.0761 e. The topological polar surface area (TPSA) is 3.24 Å². The average Bonchev–Trinajstić information content (AvgIpc) is 2.40. The van der Waals surface area contributed by atoms with Crippen molar-refractivity contribution in [3.63, 3.8) is 0 Å². The molecule has 0 spiro atoms. The number of alkyl halides is 2. The highest BCUT2D eigenvalue weighted by Crippen LogP contribution is 2.28. The van der Waals surface area contributed by atoms with Crippen LogP contribution in [0.1, 0.15) is 30.2 Å². The van der Waals surface area contributed by atoms with Gasteiger partial charge in [0, 0.05) is 6.54 Å². The van der Waals surface area contributed by atoms with E-state index >= 15 is 0 Å². The van der Waals surface area contributed by atoms with Crippen molar-refractivity contribution in [2.24, 2.45) is 0 Å². The Bertz CT molecular complexity index is 322. The van der Waals surface area contributed by atoms with Crippen LogP contribution >= 0.6 is 23.2 Å². The van der Waals surface area contributed by atoms with Crippen LogP contribution < -0.4 is 0 Å². The van der Waals surface area contributed by atoms with Gasteiger partial charge in [0.2, 0.25) is 0 Å². The highest BCUT2D eigenvalue weighted by molar-refractivity contribution is 6.30. The van der Waals surface area contributed by atoms with Crippen molar-refractivity contribution in [1.82, 2.24) is 4.90 Å². The summed E-state index contributed by atoms with van der Waals surface area (Å²) in [6, 6.07) is 10.1. The summed E-state index contributed by atoms with van der Waals surface area (Å²) in [5.74, 6) is 0. The summed E-state index contributed by atoms with van der Waals surface area (Å²) in [7, 11) is 0. The van der Waals surface area contributed by atoms with E-state index in [9.17, 15) is 0 Å². The number of likely N-dealkylation sites (tertiary alicyclic amines) is 1. The van der Waals surface area contributed by atoms with Gasteiger partial charge in [0.15, 0.2) is 0 Å². The van der Waals surface area contributed by atoms with Crippen molar-refractivity contribution in [2.45, 2.75) is 30.0 Å². The molecule has 1 saturated heterocycles. The van der Waals surface area contributed by atoms with Crippen LogP contribution in [0.15, 0.2) is 30.3 Å². The molecule has 2 atom stereocenters. The lowest BCUT2D eigenvalue weighted by molar-refractivity contribution is 0.227. The Hall–Kier alpha value is -0.240. The molecule has 94 valence electrons. The van der Waals surface area contributed by atoms with Crippen LogP contribution in [0, 0.1) is 0 Å². The normalized spacial score (nSPS) is 21.1. The van der Waals surface area contributed by atoms with Crippen molar-refractivity contribution >= 4 is 23.2 Å². The van der Waals surface area contributed by atoms with Crippen molar-refractivity contribution in [1.29, 1.82) is 0 Å². The lowest BCUT2D eigenvalue weighted by Gasteiger charge is -2.29. The molecule has 17 heavy (non-hydrogen) atoms. The quantitative estimate of drug-likeness (QED) is 0.747. The molecule has 1 heterocycles. The van der Waals surface area contributed by atoms with Crippen molar-refractivity contribution in [3.8, 4) is 0 Å². The number of halogens is 2. The third-order valence-corrected chi connectivity index (χ3v) is 4.39. The van der Waals surface area contributed by atoms with Crippen LogP contribution in [0.2, 0.25) is 0 Å². The van der Waals surface area contributed by atoms with Gasteiger partial charge in [-0.1, -0.05) is 36.8 Å². The van der Waals surface area contributed by atoms with Crippen LogP contribution in [-0.4, -0.2) is 29.9 Å². The maximum atomic E-state index is 6.43. The first-order valence-corrected chi connectivity index (χ1v) is 7.20. The number of hydrogen-bond donors (Lipinski definition) is 0. The van der Waals surface area contributed by atoms with E-state index in [1.165, 1.54) is 32.4 Å². The van der Waals surface area contributed by atoms with Gasteiger partial charge in [0.25, 0.3) is 0 Å². The molecule has 1 aromatic rings. The van der Waals surface area contributed by atoms with Crippen LogP contribution in [-0.2, 0) is 0 Å². The van der Waals surface area contributed by atoms with Crippen LogP contribution in [0.5, 0.6) is 0 Å². The van der Waals surface area contributed by atoms with Crippen LogP contribution in [0.3, 0.4) is 0 Å². The van der Waals surface area contributed by atoms with E-state index in [-0.39, 0.29) is 10.8 Å².